The predicted octanol–water partition coefficient (Wildman–Crippen LogP) is 2.91. The molecule has 0 saturated carbocycles. The molecule has 3 atom stereocenters. The number of halogens is 2. The first-order chi connectivity index (χ1) is 13.6. The molecule has 168 valence electrons. The van der Waals surface area contributed by atoms with Gasteiger partial charge in [0.25, 0.3) is 0 Å². The number of nitrogens with zero attached hydrogens (tertiary/aromatic N) is 2. The number of amides is 1. The minimum absolute atomic E-state index is 0. The molecule has 4 fully saturated rings. The number of carbonyl (C=O) groups is 1. The van der Waals surface area contributed by atoms with Crippen LogP contribution < -0.4 is 5.32 Å². The van der Waals surface area contributed by atoms with E-state index in [0.29, 0.717) is 18.0 Å². The molecule has 4 aliphatic heterocycles. The summed E-state index contributed by atoms with van der Waals surface area (Å²) in [7, 11) is 2.18. The lowest BCUT2D eigenvalue weighted by atomic mass is 9.68. The minimum Gasteiger partial charge on any atom is -0.372 e. The van der Waals surface area contributed by atoms with Crippen LogP contribution in [0.2, 0.25) is 0 Å². The lowest BCUT2D eigenvalue weighted by Gasteiger charge is -2.48. The van der Waals surface area contributed by atoms with Crippen LogP contribution in [0.5, 0.6) is 0 Å². The van der Waals surface area contributed by atoms with Crippen molar-refractivity contribution in [1.82, 2.24) is 15.1 Å². The Balaban J connectivity index is 0.00000128. The van der Waals surface area contributed by atoms with Crippen LogP contribution in [0.1, 0.15) is 37.7 Å². The quantitative estimate of drug-likeness (QED) is 0.760. The number of nitrogens with one attached hydrogen (secondary N) is 1. The number of likely N-dealkylation sites (N-methyl/N-ethyl adjacent to an activating group) is 1. The Morgan fingerprint density at radius 2 is 1.87 bits per heavy atom. The van der Waals surface area contributed by atoms with Gasteiger partial charge in [0.1, 0.15) is 0 Å². The van der Waals surface area contributed by atoms with Crippen molar-refractivity contribution >= 4 is 30.7 Å². The third kappa shape index (κ3) is 4.24. The zero-order valence-corrected chi connectivity index (χ0v) is 19.5. The molecular formula is C23H35Cl2N3O2. The number of hydrogen-bond donors (Lipinski definition) is 1. The molecule has 30 heavy (non-hydrogen) atoms. The molecule has 0 unspecified atom stereocenters. The number of likely N-dealkylation sites (tertiary alicyclic amines) is 1. The van der Waals surface area contributed by atoms with E-state index in [1.54, 1.807) is 0 Å². The molecule has 5 rings (SSSR count). The second-order valence-corrected chi connectivity index (χ2v) is 9.58. The standard InChI is InChI=1S/C23H33N3O2.2ClH/c1-25-13-14-28-22(17-25)9-11-26(12-10-22)21(27)23(15-18-5-3-2-4-6-18)16-19-7-8-20(23)24-19;;/h2-6,19-20,24H,7-17H2,1H3;2*1H/t19-,20+,23+;;/m0../s1. The Kier molecular flexibility index (Phi) is 7.41. The summed E-state index contributed by atoms with van der Waals surface area (Å²) in [5.74, 6) is 0.384. The highest BCUT2D eigenvalue weighted by Crippen LogP contribution is 2.47. The van der Waals surface area contributed by atoms with E-state index in [9.17, 15) is 4.79 Å². The van der Waals surface area contributed by atoms with Gasteiger partial charge in [-0.3, -0.25) is 4.79 Å². The van der Waals surface area contributed by atoms with Crippen molar-refractivity contribution in [3.05, 3.63) is 35.9 Å². The maximum atomic E-state index is 13.9. The first kappa shape index (κ1) is 23.8. The Morgan fingerprint density at radius 3 is 2.47 bits per heavy atom. The molecule has 7 heteroatoms. The summed E-state index contributed by atoms with van der Waals surface area (Å²) in [4.78, 5) is 18.4. The first-order valence-electron chi connectivity index (χ1n) is 11.0. The third-order valence-corrected chi connectivity index (χ3v) is 7.71. The highest BCUT2D eigenvalue weighted by Gasteiger charge is 2.57. The Labute approximate surface area is 192 Å². The van der Waals surface area contributed by atoms with Crippen LogP contribution in [-0.4, -0.2) is 73.2 Å². The molecule has 4 saturated heterocycles. The average Bonchev–Trinajstić information content (AvgIpc) is 3.31. The van der Waals surface area contributed by atoms with Crippen molar-refractivity contribution < 1.29 is 9.53 Å². The lowest BCUT2D eigenvalue weighted by molar-refractivity contribution is -0.157. The van der Waals surface area contributed by atoms with Crippen LogP contribution in [0.4, 0.5) is 0 Å². The van der Waals surface area contributed by atoms with Crippen molar-refractivity contribution in [3.63, 3.8) is 0 Å². The zero-order valence-electron chi connectivity index (χ0n) is 17.8. The number of piperidine rings is 1. The average molecular weight is 456 g/mol. The summed E-state index contributed by atoms with van der Waals surface area (Å²) in [6.07, 6.45) is 6.14. The summed E-state index contributed by atoms with van der Waals surface area (Å²) >= 11 is 0. The molecule has 1 N–H and O–H groups in total. The first-order valence-corrected chi connectivity index (χ1v) is 11.0. The summed E-state index contributed by atoms with van der Waals surface area (Å²) < 4.78 is 6.21. The number of fused-ring (bicyclic) bond motifs is 2. The normalized spacial score (nSPS) is 32.5. The Morgan fingerprint density at radius 1 is 1.13 bits per heavy atom. The highest BCUT2D eigenvalue weighted by molar-refractivity contribution is 5.86. The van der Waals surface area contributed by atoms with Gasteiger partial charge in [-0.25, -0.2) is 0 Å². The van der Waals surface area contributed by atoms with Crippen LogP contribution in [-0.2, 0) is 16.0 Å². The van der Waals surface area contributed by atoms with Gasteiger partial charge in [0.2, 0.25) is 5.91 Å². The molecule has 1 spiro atoms. The third-order valence-electron chi connectivity index (χ3n) is 7.71. The SMILES string of the molecule is CN1CCOC2(CCN(C(=O)[C@]3(Cc4ccccc4)C[C@@H]4CC[C@H]3N4)CC2)C1.Cl.Cl. The van der Waals surface area contributed by atoms with Crippen molar-refractivity contribution in [2.45, 2.75) is 56.2 Å². The summed E-state index contributed by atoms with van der Waals surface area (Å²) in [5.41, 5.74) is 0.985. The molecule has 2 bridgehead atoms. The molecule has 0 radical (unpaired) electrons. The van der Waals surface area contributed by atoms with Gasteiger partial charge < -0.3 is 19.9 Å². The molecule has 1 amide bonds. The fraction of sp³-hybridized carbons (Fsp3) is 0.696. The van der Waals surface area contributed by atoms with E-state index in [2.05, 4.69) is 52.5 Å². The molecule has 1 aromatic rings. The zero-order chi connectivity index (χ0) is 19.2. The lowest BCUT2D eigenvalue weighted by Crippen LogP contribution is -2.59. The molecule has 0 aliphatic carbocycles. The van der Waals surface area contributed by atoms with Crippen LogP contribution >= 0.6 is 24.8 Å². The fourth-order valence-electron chi connectivity index (χ4n) is 6.23. The number of rotatable bonds is 3. The van der Waals surface area contributed by atoms with Crippen molar-refractivity contribution in [1.29, 1.82) is 0 Å². The molecular weight excluding hydrogens is 421 g/mol. The summed E-state index contributed by atoms with van der Waals surface area (Å²) in [5, 5.41) is 3.74. The van der Waals surface area contributed by atoms with E-state index in [-0.39, 0.29) is 35.8 Å². The van der Waals surface area contributed by atoms with E-state index < -0.39 is 0 Å². The van der Waals surface area contributed by atoms with Gasteiger partial charge in [-0.15, -0.1) is 24.8 Å². The van der Waals surface area contributed by atoms with E-state index >= 15 is 0 Å². The number of hydrogen-bond acceptors (Lipinski definition) is 4. The van der Waals surface area contributed by atoms with E-state index in [1.807, 2.05) is 0 Å². The fourth-order valence-corrected chi connectivity index (χ4v) is 6.23. The molecule has 0 aromatic heterocycles. The summed E-state index contributed by atoms with van der Waals surface area (Å²) in [6.45, 7) is 4.49. The van der Waals surface area contributed by atoms with Crippen LogP contribution in [0.15, 0.2) is 30.3 Å². The van der Waals surface area contributed by atoms with Gasteiger partial charge >= 0.3 is 0 Å². The Hall–Kier alpha value is -0.850. The number of carbonyl (C=O) groups excluding carboxylic acids is 1. The maximum Gasteiger partial charge on any atom is 0.230 e. The Bertz CT molecular complexity index is 726. The number of ether oxygens (including phenoxy) is 1. The maximum absolute atomic E-state index is 13.9. The molecule has 4 aliphatic rings. The highest BCUT2D eigenvalue weighted by atomic mass is 35.5. The molecule has 5 nitrogen and oxygen atoms in total. The van der Waals surface area contributed by atoms with E-state index in [1.165, 1.54) is 12.0 Å². The summed E-state index contributed by atoms with van der Waals surface area (Å²) in [6, 6.07) is 11.5. The molecule has 4 heterocycles. The van der Waals surface area contributed by atoms with Gasteiger partial charge in [-0.2, -0.15) is 0 Å². The monoisotopic (exact) mass is 455 g/mol. The number of benzene rings is 1. The van der Waals surface area contributed by atoms with Crippen molar-refractivity contribution in [3.8, 4) is 0 Å². The van der Waals surface area contributed by atoms with Crippen LogP contribution in [0.25, 0.3) is 0 Å². The topological polar surface area (TPSA) is 44.8 Å². The predicted molar refractivity (Wildman–Crippen MR) is 124 cm³/mol. The van der Waals surface area contributed by atoms with E-state index in [4.69, 9.17) is 4.74 Å². The number of morpholine rings is 1. The smallest absolute Gasteiger partial charge is 0.230 e. The van der Waals surface area contributed by atoms with Gasteiger partial charge in [0.15, 0.2) is 0 Å². The second-order valence-electron chi connectivity index (χ2n) is 9.58. The van der Waals surface area contributed by atoms with Gasteiger partial charge in [-0.1, -0.05) is 30.3 Å². The minimum atomic E-state index is -0.265. The second kappa shape index (κ2) is 9.33. The van der Waals surface area contributed by atoms with Crippen molar-refractivity contribution in [2.24, 2.45) is 5.41 Å². The van der Waals surface area contributed by atoms with E-state index in [0.717, 1.165) is 64.9 Å². The van der Waals surface area contributed by atoms with Crippen LogP contribution in [0, 0.1) is 5.41 Å². The van der Waals surface area contributed by atoms with Gasteiger partial charge in [0.05, 0.1) is 17.6 Å². The van der Waals surface area contributed by atoms with Crippen molar-refractivity contribution in [2.75, 3.05) is 39.8 Å². The van der Waals surface area contributed by atoms with Gasteiger partial charge in [0, 0.05) is 38.3 Å². The largest absolute Gasteiger partial charge is 0.372 e. The van der Waals surface area contributed by atoms with Crippen LogP contribution in [0.3, 0.4) is 0 Å². The molecule has 1 aromatic carbocycles. The van der Waals surface area contributed by atoms with Gasteiger partial charge in [-0.05, 0) is 51.1 Å².